The Morgan fingerprint density at radius 1 is 1.37 bits per heavy atom. The Labute approximate surface area is 125 Å². The van der Waals surface area contributed by atoms with E-state index in [1.807, 2.05) is 0 Å². The molecule has 3 heterocycles. The molecule has 3 N–H and O–H groups in total. The molecule has 0 bridgehead atoms. The number of thioether (sulfide) groups is 2. The average molecular weight is 303 g/mol. The summed E-state index contributed by atoms with van der Waals surface area (Å²) >= 11 is 4.16. The number of hydrogen-bond donors (Lipinski definition) is 2. The van der Waals surface area contributed by atoms with Crippen LogP contribution in [-0.2, 0) is 4.74 Å². The second-order valence-corrected chi connectivity index (χ2v) is 9.23. The third kappa shape index (κ3) is 2.82. The van der Waals surface area contributed by atoms with E-state index >= 15 is 0 Å². The molecule has 4 unspecified atom stereocenters. The molecule has 3 nitrogen and oxygen atoms in total. The molecular formula is C14H26N2OS2. The van der Waals surface area contributed by atoms with Crippen molar-refractivity contribution in [1.29, 1.82) is 0 Å². The van der Waals surface area contributed by atoms with Crippen molar-refractivity contribution in [2.45, 2.75) is 55.4 Å². The maximum absolute atomic E-state index is 6.15. The standard InChI is InChI=1S/C14H26N2OS2/c1-13(4-2-7-19-13)12(16-15)11-3-6-17-14(9-11)5-8-18-10-14/h11-12,16H,2-10,15H2,1H3. The van der Waals surface area contributed by atoms with E-state index < -0.39 is 0 Å². The van der Waals surface area contributed by atoms with Gasteiger partial charge in [-0.15, -0.1) is 0 Å². The van der Waals surface area contributed by atoms with E-state index in [2.05, 4.69) is 35.9 Å². The van der Waals surface area contributed by atoms with Gasteiger partial charge < -0.3 is 4.74 Å². The quantitative estimate of drug-likeness (QED) is 0.619. The fourth-order valence-electron chi connectivity index (χ4n) is 4.07. The van der Waals surface area contributed by atoms with Gasteiger partial charge in [0.15, 0.2) is 0 Å². The van der Waals surface area contributed by atoms with Gasteiger partial charge in [0.2, 0.25) is 0 Å². The summed E-state index contributed by atoms with van der Waals surface area (Å²) in [4.78, 5) is 0. The van der Waals surface area contributed by atoms with Crippen molar-refractivity contribution < 1.29 is 4.74 Å². The lowest BCUT2D eigenvalue weighted by molar-refractivity contribution is -0.0869. The van der Waals surface area contributed by atoms with Crippen molar-refractivity contribution in [1.82, 2.24) is 5.43 Å². The van der Waals surface area contributed by atoms with Gasteiger partial charge in [0.1, 0.15) is 0 Å². The predicted octanol–water partition coefficient (Wildman–Crippen LogP) is 2.41. The monoisotopic (exact) mass is 302 g/mol. The van der Waals surface area contributed by atoms with Gasteiger partial charge in [0.25, 0.3) is 0 Å². The highest BCUT2D eigenvalue weighted by atomic mass is 32.2. The van der Waals surface area contributed by atoms with Crippen LogP contribution in [0.5, 0.6) is 0 Å². The van der Waals surface area contributed by atoms with Crippen LogP contribution in [0, 0.1) is 5.92 Å². The molecule has 3 aliphatic heterocycles. The third-order valence-electron chi connectivity index (χ3n) is 5.16. The number of hydrogen-bond acceptors (Lipinski definition) is 5. The van der Waals surface area contributed by atoms with Crippen LogP contribution in [0.1, 0.15) is 39.0 Å². The van der Waals surface area contributed by atoms with E-state index in [-0.39, 0.29) is 5.60 Å². The largest absolute Gasteiger partial charge is 0.374 e. The first-order chi connectivity index (χ1) is 9.18. The first kappa shape index (κ1) is 14.5. The van der Waals surface area contributed by atoms with Gasteiger partial charge in [-0.25, -0.2) is 0 Å². The summed E-state index contributed by atoms with van der Waals surface area (Å²) in [5.41, 5.74) is 3.35. The van der Waals surface area contributed by atoms with Gasteiger partial charge in [-0.05, 0) is 56.5 Å². The molecule has 0 amide bonds. The summed E-state index contributed by atoms with van der Waals surface area (Å²) in [7, 11) is 0. The minimum atomic E-state index is 0.169. The SMILES string of the molecule is CC1(C(NN)C2CCOC3(CCSC3)C2)CCCS1. The van der Waals surface area contributed by atoms with Crippen LogP contribution in [-0.4, -0.2) is 40.3 Å². The molecular weight excluding hydrogens is 276 g/mol. The van der Waals surface area contributed by atoms with E-state index in [9.17, 15) is 0 Å². The molecule has 3 saturated heterocycles. The maximum atomic E-state index is 6.15. The Kier molecular flexibility index (Phi) is 4.40. The Balaban J connectivity index is 1.72. The minimum Gasteiger partial charge on any atom is -0.374 e. The summed E-state index contributed by atoms with van der Waals surface area (Å²) in [6.45, 7) is 3.32. The van der Waals surface area contributed by atoms with Crippen molar-refractivity contribution in [3.8, 4) is 0 Å². The molecule has 19 heavy (non-hydrogen) atoms. The van der Waals surface area contributed by atoms with E-state index in [0.717, 1.165) is 13.0 Å². The van der Waals surface area contributed by atoms with E-state index in [4.69, 9.17) is 10.6 Å². The lowest BCUT2D eigenvalue weighted by Crippen LogP contribution is -2.56. The Morgan fingerprint density at radius 2 is 2.26 bits per heavy atom. The van der Waals surface area contributed by atoms with Crippen LogP contribution in [0.2, 0.25) is 0 Å². The van der Waals surface area contributed by atoms with Gasteiger partial charge >= 0.3 is 0 Å². The molecule has 110 valence electrons. The molecule has 3 aliphatic rings. The number of nitrogens with one attached hydrogen (secondary N) is 1. The van der Waals surface area contributed by atoms with Crippen molar-refractivity contribution in [2.75, 3.05) is 23.9 Å². The molecule has 0 aromatic rings. The van der Waals surface area contributed by atoms with Crippen LogP contribution in [0.4, 0.5) is 0 Å². The second kappa shape index (κ2) is 5.76. The van der Waals surface area contributed by atoms with Crippen LogP contribution in [0.3, 0.4) is 0 Å². The van der Waals surface area contributed by atoms with Crippen LogP contribution in [0.15, 0.2) is 0 Å². The lowest BCUT2D eigenvalue weighted by atomic mass is 9.76. The summed E-state index contributed by atoms with van der Waals surface area (Å²) in [5.74, 6) is 10.4. The zero-order valence-electron chi connectivity index (χ0n) is 11.8. The smallest absolute Gasteiger partial charge is 0.0783 e. The summed E-state index contributed by atoms with van der Waals surface area (Å²) in [6.07, 6.45) is 6.23. The van der Waals surface area contributed by atoms with Crippen molar-refractivity contribution in [3.63, 3.8) is 0 Å². The third-order valence-corrected chi connectivity index (χ3v) is 7.99. The Bertz CT molecular complexity index is 315. The fourth-order valence-corrected chi connectivity index (χ4v) is 6.93. The average Bonchev–Trinajstić information content (AvgIpc) is 3.01. The van der Waals surface area contributed by atoms with Crippen LogP contribution < -0.4 is 11.3 Å². The van der Waals surface area contributed by atoms with Crippen molar-refractivity contribution in [2.24, 2.45) is 11.8 Å². The number of hydrazine groups is 1. The van der Waals surface area contributed by atoms with Gasteiger partial charge in [-0.3, -0.25) is 11.3 Å². The number of rotatable bonds is 3. The normalized spacial score (nSPS) is 44.8. The van der Waals surface area contributed by atoms with Gasteiger partial charge in [-0.1, -0.05) is 0 Å². The highest BCUT2D eigenvalue weighted by molar-refractivity contribution is 8.01. The molecule has 0 aromatic heterocycles. The Morgan fingerprint density at radius 3 is 2.89 bits per heavy atom. The molecule has 1 spiro atoms. The predicted molar refractivity (Wildman–Crippen MR) is 84.6 cm³/mol. The molecule has 0 aromatic carbocycles. The lowest BCUT2D eigenvalue weighted by Gasteiger charge is -2.45. The van der Waals surface area contributed by atoms with E-state index in [1.165, 1.54) is 42.9 Å². The number of nitrogens with two attached hydrogens (primary N) is 1. The fraction of sp³-hybridized carbons (Fsp3) is 1.00. The molecule has 5 heteroatoms. The van der Waals surface area contributed by atoms with Gasteiger partial charge in [0, 0.05) is 23.1 Å². The van der Waals surface area contributed by atoms with Crippen molar-refractivity contribution >= 4 is 23.5 Å². The Hall–Kier alpha value is 0.580. The summed E-state index contributed by atoms with van der Waals surface area (Å²) in [5, 5.41) is 0. The molecule has 0 aliphatic carbocycles. The first-order valence-corrected chi connectivity index (χ1v) is 9.63. The zero-order valence-corrected chi connectivity index (χ0v) is 13.5. The first-order valence-electron chi connectivity index (χ1n) is 7.49. The van der Waals surface area contributed by atoms with E-state index in [1.54, 1.807) is 0 Å². The second-order valence-electron chi connectivity index (χ2n) is 6.50. The summed E-state index contributed by atoms with van der Waals surface area (Å²) < 4.78 is 6.47. The summed E-state index contributed by atoms with van der Waals surface area (Å²) in [6, 6.07) is 0.436. The molecule has 4 atom stereocenters. The number of ether oxygens (including phenoxy) is 1. The van der Waals surface area contributed by atoms with Gasteiger partial charge in [0.05, 0.1) is 5.60 Å². The van der Waals surface area contributed by atoms with Gasteiger partial charge in [-0.2, -0.15) is 23.5 Å². The van der Waals surface area contributed by atoms with Crippen LogP contribution in [0.25, 0.3) is 0 Å². The molecule has 0 radical (unpaired) electrons. The highest BCUT2D eigenvalue weighted by Crippen LogP contribution is 2.47. The molecule has 3 fully saturated rings. The van der Waals surface area contributed by atoms with Crippen LogP contribution >= 0.6 is 23.5 Å². The maximum Gasteiger partial charge on any atom is 0.0783 e. The minimum absolute atomic E-state index is 0.169. The van der Waals surface area contributed by atoms with E-state index in [0.29, 0.717) is 16.7 Å². The molecule has 0 saturated carbocycles. The topological polar surface area (TPSA) is 47.3 Å². The highest BCUT2D eigenvalue weighted by Gasteiger charge is 2.47. The molecule has 3 rings (SSSR count). The van der Waals surface area contributed by atoms with Crippen molar-refractivity contribution in [3.05, 3.63) is 0 Å². The zero-order chi connectivity index (χ0) is 13.3.